The molecule has 0 aliphatic carbocycles. The standard InChI is InChI=1S/C17H18N4/c1-11(2)17-20-15(10-16(18-3)21-17)13-7-6-12-5-4-8-19-14(12)9-13/h4-11H,1-3H3,(H,18,20,21). The van der Waals surface area contributed by atoms with Crippen molar-refractivity contribution in [2.24, 2.45) is 0 Å². The Kier molecular flexibility index (Phi) is 3.52. The summed E-state index contributed by atoms with van der Waals surface area (Å²) in [7, 11) is 1.87. The van der Waals surface area contributed by atoms with E-state index in [1.165, 1.54) is 0 Å². The zero-order valence-electron chi connectivity index (χ0n) is 12.5. The van der Waals surface area contributed by atoms with E-state index in [9.17, 15) is 0 Å². The molecule has 21 heavy (non-hydrogen) atoms. The van der Waals surface area contributed by atoms with Crippen molar-refractivity contribution >= 4 is 16.7 Å². The Labute approximate surface area is 124 Å². The Balaban J connectivity index is 2.14. The van der Waals surface area contributed by atoms with Gasteiger partial charge in [0, 0.05) is 36.2 Å². The van der Waals surface area contributed by atoms with E-state index in [0.717, 1.165) is 33.8 Å². The van der Waals surface area contributed by atoms with Gasteiger partial charge in [-0.05, 0) is 12.1 Å². The van der Waals surface area contributed by atoms with Crippen LogP contribution in [0, 0.1) is 0 Å². The molecule has 0 saturated heterocycles. The van der Waals surface area contributed by atoms with Crippen LogP contribution in [0.5, 0.6) is 0 Å². The van der Waals surface area contributed by atoms with E-state index in [2.05, 4.69) is 58.4 Å². The molecule has 4 heteroatoms. The van der Waals surface area contributed by atoms with Crippen molar-refractivity contribution in [1.82, 2.24) is 15.0 Å². The minimum absolute atomic E-state index is 0.288. The van der Waals surface area contributed by atoms with Crippen LogP contribution in [0.3, 0.4) is 0 Å². The van der Waals surface area contributed by atoms with Gasteiger partial charge in [0.25, 0.3) is 0 Å². The molecule has 4 nitrogen and oxygen atoms in total. The van der Waals surface area contributed by atoms with Crippen LogP contribution in [0.4, 0.5) is 5.82 Å². The molecule has 0 atom stereocenters. The summed E-state index contributed by atoms with van der Waals surface area (Å²) in [6.07, 6.45) is 1.81. The van der Waals surface area contributed by atoms with Crippen molar-refractivity contribution in [2.45, 2.75) is 19.8 Å². The second kappa shape index (κ2) is 5.48. The van der Waals surface area contributed by atoms with Gasteiger partial charge in [0.2, 0.25) is 0 Å². The molecule has 0 aliphatic rings. The van der Waals surface area contributed by atoms with Gasteiger partial charge in [-0.2, -0.15) is 0 Å². The average Bonchev–Trinajstić information content (AvgIpc) is 2.53. The van der Waals surface area contributed by atoms with Gasteiger partial charge in [0.05, 0.1) is 11.2 Å². The smallest absolute Gasteiger partial charge is 0.133 e. The van der Waals surface area contributed by atoms with Gasteiger partial charge >= 0.3 is 0 Å². The molecule has 3 aromatic rings. The maximum Gasteiger partial charge on any atom is 0.133 e. The summed E-state index contributed by atoms with van der Waals surface area (Å²) in [6, 6.07) is 12.2. The average molecular weight is 278 g/mol. The number of pyridine rings is 1. The van der Waals surface area contributed by atoms with Crippen molar-refractivity contribution in [3.05, 3.63) is 48.4 Å². The van der Waals surface area contributed by atoms with Gasteiger partial charge in [-0.15, -0.1) is 0 Å². The molecule has 1 aromatic carbocycles. The summed E-state index contributed by atoms with van der Waals surface area (Å²) < 4.78 is 0. The molecule has 0 unspecified atom stereocenters. The van der Waals surface area contributed by atoms with Crippen molar-refractivity contribution in [3.63, 3.8) is 0 Å². The highest BCUT2D eigenvalue weighted by molar-refractivity contribution is 5.83. The first-order chi connectivity index (χ1) is 10.2. The maximum atomic E-state index is 4.68. The van der Waals surface area contributed by atoms with Crippen LogP contribution >= 0.6 is 0 Å². The number of anilines is 1. The second-order valence-electron chi connectivity index (χ2n) is 5.31. The van der Waals surface area contributed by atoms with E-state index in [1.807, 2.05) is 25.4 Å². The van der Waals surface area contributed by atoms with E-state index in [4.69, 9.17) is 0 Å². The van der Waals surface area contributed by atoms with Crippen LogP contribution in [0.1, 0.15) is 25.6 Å². The first-order valence-corrected chi connectivity index (χ1v) is 7.09. The minimum Gasteiger partial charge on any atom is -0.373 e. The zero-order valence-corrected chi connectivity index (χ0v) is 12.5. The summed E-state index contributed by atoms with van der Waals surface area (Å²) in [5, 5.41) is 4.24. The third-order valence-corrected chi connectivity index (χ3v) is 3.42. The molecule has 0 radical (unpaired) electrons. The normalized spacial score (nSPS) is 11.0. The fourth-order valence-electron chi connectivity index (χ4n) is 2.23. The molecule has 0 bridgehead atoms. The fraction of sp³-hybridized carbons (Fsp3) is 0.235. The minimum atomic E-state index is 0.288. The van der Waals surface area contributed by atoms with Crippen LogP contribution in [0.15, 0.2) is 42.6 Å². The van der Waals surface area contributed by atoms with Gasteiger partial charge in [-0.25, -0.2) is 9.97 Å². The molecule has 0 amide bonds. The SMILES string of the molecule is CNc1cc(-c2ccc3cccnc3c2)nc(C(C)C)n1. The summed E-state index contributed by atoms with van der Waals surface area (Å²) >= 11 is 0. The van der Waals surface area contributed by atoms with Crippen molar-refractivity contribution in [2.75, 3.05) is 12.4 Å². The van der Waals surface area contributed by atoms with E-state index in [1.54, 1.807) is 0 Å². The molecular formula is C17H18N4. The summed E-state index contributed by atoms with van der Waals surface area (Å²) in [4.78, 5) is 13.6. The third-order valence-electron chi connectivity index (χ3n) is 3.42. The zero-order chi connectivity index (χ0) is 14.8. The number of benzene rings is 1. The molecule has 0 fully saturated rings. The Morgan fingerprint density at radius 2 is 1.90 bits per heavy atom. The van der Waals surface area contributed by atoms with Crippen LogP contribution in [-0.4, -0.2) is 22.0 Å². The number of nitrogens with one attached hydrogen (secondary N) is 1. The topological polar surface area (TPSA) is 50.7 Å². The molecule has 0 aliphatic heterocycles. The van der Waals surface area contributed by atoms with Gasteiger partial charge in [0.1, 0.15) is 11.6 Å². The van der Waals surface area contributed by atoms with Gasteiger partial charge in [-0.3, -0.25) is 4.98 Å². The first-order valence-electron chi connectivity index (χ1n) is 7.09. The van der Waals surface area contributed by atoms with E-state index in [-0.39, 0.29) is 5.92 Å². The number of rotatable bonds is 3. The van der Waals surface area contributed by atoms with E-state index >= 15 is 0 Å². The van der Waals surface area contributed by atoms with E-state index < -0.39 is 0 Å². The number of nitrogens with zero attached hydrogens (tertiary/aromatic N) is 3. The molecular weight excluding hydrogens is 260 g/mol. The molecule has 2 aromatic heterocycles. The third kappa shape index (κ3) is 2.70. The number of hydrogen-bond donors (Lipinski definition) is 1. The van der Waals surface area contributed by atoms with Crippen LogP contribution in [-0.2, 0) is 0 Å². The fourth-order valence-corrected chi connectivity index (χ4v) is 2.23. The first kappa shape index (κ1) is 13.5. The molecule has 1 N–H and O–H groups in total. The largest absolute Gasteiger partial charge is 0.373 e. The van der Waals surface area contributed by atoms with Gasteiger partial charge in [-0.1, -0.05) is 32.0 Å². The number of aromatic nitrogens is 3. The molecule has 3 rings (SSSR count). The Bertz CT molecular complexity index is 781. The van der Waals surface area contributed by atoms with Crippen molar-refractivity contribution in [3.8, 4) is 11.3 Å². The predicted octanol–water partition coefficient (Wildman–Crippen LogP) is 3.86. The molecule has 0 saturated carbocycles. The molecule has 2 heterocycles. The lowest BCUT2D eigenvalue weighted by molar-refractivity contribution is 0.777. The molecule has 0 spiro atoms. The monoisotopic (exact) mass is 278 g/mol. The highest BCUT2D eigenvalue weighted by Gasteiger charge is 2.09. The Morgan fingerprint density at radius 3 is 2.67 bits per heavy atom. The highest BCUT2D eigenvalue weighted by Crippen LogP contribution is 2.25. The second-order valence-corrected chi connectivity index (χ2v) is 5.31. The highest BCUT2D eigenvalue weighted by atomic mass is 15.0. The Hall–Kier alpha value is -2.49. The lowest BCUT2D eigenvalue weighted by Crippen LogP contribution is -2.03. The maximum absolute atomic E-state index is 4.68. The summed E-state index contributed by atoms with van der Waals surface area (Å²) in [6.45, 7) is 4.20. The number of fused-ring (bicyclic) bond motifs is 1. The van der Waals surface area contributed by atoms with Crippen LogP contribution in [0.2, 0.25) is 0 Å². The lowest BCUT2D eigenvalue weighted by Gasteiger charge is -2.10. The van der Waals surface area contributed by atoms with Crippen LogP contribution < -0.4 is 5.32 Å². The Morgan fingerprint density at radius 1 is 1.05 bits per heavy atom. The lowest BCUT2D eigenvalue weighted by atomic mass is 10.1. The molecule has 106 valence electrons. The van der Waals surface area contributed by atoms with Gasteiger partial charge in [0.15, 0.2) is 0 Å². The van der Waals surface area contributed by atoms with Crippen LogP contribution in [0.25, 0.3) is 22.2 Å². The van der Waals surface area contributed by atoms with Gasteiger partial charge < -0.3 is 5.32 Å². The number of hydrogen-bond acceptors (Lipinski definition) is 4. The summed E-state index contributed by atoms with van der Waals surface area (Å²) in [5.41, 5.74) is 2.96. The van der Waals surface area contributed by atoms with Crippen molar-refractivity contribution in [1.29, 1.82) is 0 Å². The van der Waals surface area contributed by atoms with E-state index in [0.29, 0.717) is 0 Å². The quantitative estimate of drug-likeness (QED) is 0.790. The van der Waals surface area contributed by atoms with Crippen molar-refractivity contribution < 1.29 is 0 Å². The predicted molar refractivity (Wildman–Crippen MR) is 86.4 cm³/mol. The summed E-state index contributed by atoms with van der Waals surface area (Å²) in [5.74, 6) is 1.97.